The second kappa shape index (κ2) is 12.7. The van der Waals surface area contributed by atoms with E-state index in [4.69, 9.17) is 0 Å². The van der Waals surface area contributed by atoms with Crippen LogP contribution >= 0.6 is 0 Å². The number of aryl methyl sites for hydroxylation is 2. The lowest BCUT2D eigenvalue weighted by molar-refractivity contribution is 1.38. The van der Waals surface area contributed by atoms with E-state index in [2.05, 4.69) is 178 Å². The number of hydrogen-bond donors (Lipinski definition) is 0. The number of hydrogen-bond acceptors (Lipinski definition) is 2. The topological polar surface area (TPSA) is 47.6 Å². The van der Waals surface area contributed by atoms with Crippen LogP contribution in [0.1, 0.15) is 22.3 Å². The first-order chi connectivity index (χ1) is 29.5. The zero-order valence-corrected chi connectivity index (χ0v) is 33.1. The minimum atomic E-state index is 0.486. The maximum absolute atomic E-state index is 9.71. The highest BCUT2D eigenvalue weighted by Crippen LogP contribution is 2.55. The first-order valence-electron chi connectivity index (χ1n) is 20.5. The van der Waals surface area contributed by atoms with Crippen LogP contribution < -0.4 is 0 Å². The van der Waals surface area contributed by atoms with Crippen LogP contribution in [0.5, 0.6) is 0 Å². The van der Waals surface area contributed by atoms with Gasteiger partial charge in [0.25, 0.3) is 0 Å². The third-order valence-corrected chi connectivity index (χ3v) is 13.0. The van der Waals surface area contributed by atoms with E-state index in [0.29, 0.717) is 11.1 Å². The molecular formula is C58H34N2. The molecule has 0 saturated carbocycles. The molecule has 0 fully saturated rings. The average Bonchev–Trinajstić information content (AvgIpc) is 3.80. The smallest absolute Gasteiger partial charge is 0.0992 e. The Morgan fingerprint density at radius 2 is 0.783 bits per heavy atom. The van der Waals surface area contributed by atoms with Crippen LogP contribution in [0, 0.1) is 36.5 Å². The number of nitrogens with zero attached hydrogens (tertiary/aromatic N) is 2. The summed E-state index contributed by atoms with van der Waals surface area (Å²) in [5, 5.41) is 37.4. The fourth-order valence-corrected chi connectivity index (χ4v) is 10.7. The third kappa shape index (κ3) is 4.68. The Hall–Kier alpha value is -8.04. The van der Waals surface area contributed by atoms with Gasteiger partial charge in [-0.25, -0.2) is 0 Å². The zero-order valence-electron chi connectivity index (χ0n) is 33.1. The monoisotopic (exact) mass is 758 g/mol. The summed E-state index contributed by atoms with van der Waals surface area (Å²) in [5.41, 5.74) is 12.5. The summed E-state index contributed by atoms with van der Waals surface area (Å²) in [4.78, 5) is 0. The van der Waals surface area contributed by atoms with E-state index in [-0.39, 0.29) is 0 Å². The van der Waals surface area contributed by atoms with Gasteiger partial charge in [-0.3, -0.25) is 0 Å². The molecule has 12 rings (SSSR count). The van der Waals surface area contributed by atoms with E-state index in [1.54, 1.807) is 6.07 Å². The fourth-order valence-electron chi connectivity index (χ4n) is 10.7. The molecule has 12 aromatic rings. The van der Waals surface area contributed by atoms with Crippen LogP contribution in [0.4, 0.5) is 0 Å². The van der Waals surface area contributed by atoms with Crippen molar-refractivity contribution in [2.45, 2.75) is 13.8 Å². The number of benzene rings is 10. The van der Waals surface area contributed by atoms with Crippen molar-refractivity contribution in [3.05, 3.63) is 192 Å². The van der Waals surface area contributed by atoms with Crippen LogP contribution in [-0.4, -0.2) is 0 Å². The fraction of sp³-hybridized carbons (Fsp3) is 0.0345. The molecule has 12 aromatic carbocycles. The van der Waals surface area contributed by atoms with E-state index in [0.717, 1.165) is 22.3 Å². The SMILES string of the molecule is Cc1cc(-c2cc(C#N)cc(C#N)c2)cc(C)c1-c1ccc2c3c(-c4ccccc4)c4c(cc5c6ccccc6c6cccc4c65)c(-c4ccccc4)c3c3cccc1c32. The molecule has 0 N–H and O–H groups in total. The highest BCUT2D eigenvalue weighted by atomic mass is 14.3. The summed E-state index contributed by atoms with van der Waals surface area (Å²) in [7, 11) is 0. The van der Waals surface area contributed by atoms with Crippen molar-refractivity contribution in [2.24, 2.45) is 0 Å². The summed E-state index contributed by atoms with van der Waals surface area (Å²) >= 11 is 0. The van der Waals surface area contributed by atoms with Gasteiger partial charge < -0.3 is 0 Å². The summed E-state index contributed by atoms with van der Waals surface area (Å²) in [6, 6.07) is 66.1. The molecule has 0 bridgehead atoms. The Kier molecular flexibility index (Phi) is 7.22. The van der Waals surface area contributed by atoms with Gasteiger partial charge in [-0.1, -0.05) is 146 Å². The molecule has 0 unspecified atom stereocenters. The lowest BCUT2D eigenvalue weighted by Crippen LogP contribution is -1.93. The maximum Gasteiger partial charge on any atom is 0.0992 e. The van der Waals surface area contributed by atoms with E-state index in [9.17, 15) is 10.5 Å². The predicted molar refractivity (Wildman–Crippen MR) is 252 cm³/mol. The molecule has 0 aliphatic heterocycles. The van der Waals surface area contributed by atoms with Crippen molar-refractivity contribution >= 4 is 75.4 Å². The number of rotatable bonds is 4. The molecule has 0 amide bonds. The van der Waals surface area contributed by atoms with E-state index < -0.39 is 0 Å². The van der Waals surface area contributed by atoms with E-state index >= 15 is 0 Å². The van der Waals surface area contributed by atoms with Gasteiger partial charge in [-0.15, -0.1) is 0 Å². The Morgan fingerprint density at radius 3 is 1.43 bits per heavy atom. The van der Waals surface area contributed by atoms with Gasteiger partial charge in [0.2, 0.25) is 0 Å². The van der Waals surface area contributed by atoms with E-state index in [1.165, 1.54) is 109 Å². The van der Waals surface area contributed by atoms with Crippen LogP contribution in [0.3, 0.4) is 0 Å². The summed E-state index contributed by atoms with van der Waals surface area (Å²) in [6.45, 7) is 4.35. The zero-order chi connectivity index (χ0) is 40.2. The van der Waals surface area contributed by atoms with Crippen LogP contribution in [0.2, 0.25) is 0 Å². The van der Waals surface area contributed by atoms with Crippen molar-refractivity contribution in [1.82, 2.24) is 0 Å². The highest BCUT2D eigenvalue weighted by molar-refractivity contribution is 6.45. The number of nitriles is 2. The predicted octanol–water partition coefficient (Wildman–Crippen LogP) is 15.7. The minimum absolute atomic E-state index is 0.486. The molecule has 0 saturated heterocycles. The summed E-state index contributed by atoms with van der Waals surface area (Å²) < 4.78 is 0. The van der Waals surface area contributed by atoms with Crippen molar-refractivity contribution < 1.29 is 0 Å². The van der Waals surface area contributed by atoms with Crippen molar-refractivity contribution in [1.29, 1.82) is 10.5 Å². The van der Waals surface area contributed by atoms with E-state index in [1.807, 2.05) is 12.1 Å². The third-order valence-electron chi connectivity index (χ3n) is 13.0. The molecular weight excluding hydrogens is 725 g/mol. The second-order valence-electron chi connectivity index (χ2n) is 16.2. The molecule has 0 spiro atoms. The maximum atomic E-state index is 9.71. The Morgan fingerprint density at radius 1 is 0.300 bits per heavy atom. The largest absolute Gasteiger partial charge is 0.192 e. The van der Waals surface area contributed by atoms with Crippen molar-refractivity contribution in [2.75, 3.05) is 0 Å². The molecule has 2 nitrogen and oxygen atoms in total. The second-order valence-corrected chi connectivity index (χ2v) is 16.2. The molecule has 0 radical (unpaired) electrons. The molecule has 0 aliphatic carbocycles. The Balaban J connectivity index is 1.24. The molecule has 0 aliphatic rings. The van der Waals surface area contributed by atoms with Gasteiger partial charge in [-0.2, -0.15) is 10.5 Å². The Labute approximate surface area is 347 Å². The standard InChI is InChI=1S/C58H34N2/c1-33-25-39(40-28-35(31-59)27-36(29-40)32-60)26-34(2)51(33)45-23-24-48-54-44(45)20-12-22-47(54)57-52(37-13-5-3-6-14-37)50-30-49-42-18-10-9-17-41(42)43-19-11-21-46(55(43)49)56(50)53(58(48)57)38-15-7-4-8-16-38/h3-30H,1-2H3. The van der Waals surface area contributed by atoms with Crippen molar-refractivity contribution in [3.63, 3.8) is 0 Å². The van der Waals surface area contributed by atoms with Crippen LogP contribution in [-0.2, 0) is 0 Å². The summed E-state index contributed by atoms with van der Waals surface area (Å²) in [6.07, 6.45) is 0. The van der Waals surface area contributed by atoms with Crippen molar-refractivity contribution in [3.8, 4) is 56.6 Å². The molecule has 0 heterocycles. The van der Waals surface area contributed by atoms with Gasteiger partial charge >= 0.3 is 0 Å². The quantitative estimate of drug-likeness (QED) is 0.168. The first kappa shape index (κ1) is 34.0. The number of fused-ring (bicyclic) bond motifs is 8. The molecule has 276 valence electrons. The average molecular weight is 759 g/mol. The molecule has 0 aromatic heterocycles. The molecule has 2 heteroatoms. The normalized spacial score (nSPS) is 11.8. The van der Waals surface area contributed by atoms with Gasteiger partial charge in [0.15, 0.2) is 0 Å². The van der Waals surface area contributed by atoms with Gasteiger partial charge in [-0.05, 0) is 169 Å². The van der Waals surface area contributed by atoms with Crippen LogP contribution in [0.15, 0.2) is 170 Å². The lowest BCUT2D eigenvalue weighted by Gasteiger charge is -2.19. The summed E-state index contributed by atoms with van der Waals surface area (Å²) in [5.74, 6) is 0. The van der Waals surface area contributed by atoms with Gasteiger partial charge in [0.1, 0.15) is 0 Å². The van der Waals surface area contributed by atoms with Gasteiger partial charge in [0.05, 0.1) is 23.3 Å². The van der Waals surface area contributed by atoms with Crippen LogP contribution in [0.25, 0.3) is 120 Å². The highest BCUT2D eigenvalue weighted by Gasteiger charge is 2.27. The Bertz CT molecular complexity index is 3790. The lowest BCUT2D eigenvalue weighted by atomic mass is 9.84. The first-order valence-corrected chi connectivity index (χ1v) is 20.5. The van der Waals surface area contributed by atoms with Gasteiger partial charge in [0, 0.05) is 0 Å². The molecule has 60 heavy (non-hydrogen) atoms. The molecule has 0 atom stereocenters. The minimum Gasteiger partial charge on any atom is -0.192 e.